The molecule has 202 valence electrons. The molecule has 2 unspecified atom stereocenters. The predicted molar refractivity (Wildman–Crippen MR) is 164 cm³/mol. The van der Waals surface area contributed by atoms with E-state index in [4.69, 9.17) is 9.15 Å². The van der Waals surface area contributed by atoms with Crippen LogP contribution in [0.15, 0.2) is 88.1 Å². The minimum absolute atomic E-state index is 0.0200. The van der Waals surface area contributed by atoms with Gasteiger partial charge in [0.15, 0.2) is 11.2 Å². The van der Waals surface area contributed by atoms with Gasteiger partial charge in [-0.05, 0) is 62.9 Å². The molecule has 2 aliphatic heterocycles. The van der Waals surface area contributed by atoms with Gasteiger partial charge in [0.2, 0.25) is 0 Å². The largest absolute Gasteiger partial charge is 0.455 e. The van der Waals surface area contributed by atoms with Crippen molar-refractivity contribution in [3.05, 3.63) is 123 Å². The number of para-hydroxylation sites is 1. The zero-order valence-electron chi connectivity index (χ0n) is 22.8. The van der Waals surface area contributed by atoms with Crippen molar-refractivity contribution in [1.29, 1.82) is 0 Å². The van der Waals surface area contributed by atoms with Gasteiger partial charge in [0, 0.05) is 27.3 Å². The lowest BCUT2D eigenvalue weighted by molar-refractivity contribution is 0.0954. The highest BCUT2D eigenvalue weighted by Crippen LogP contribution is 2.43. The molecular formula is C34H31NO4S. The fourth-order valence-corrected chi connectivity index (χ4v) is 6.36. The van der Waals surface area contributed by atoms with E-state index in [1.165, 1.54) is 0 Å². The average Bonchev–Trinajstić information content (AvgIpc) is 3.83. The average molecular weight is 550 g/mol. The van der Waals surface area contributed by atoms with Crippen molar-refractivity contribution < 1.29 is 13.9 Å². The van der Waals surface area contributed by atoms with Gasteiger partial charge in [0.1, 0.15) is 17.4 Å². The van der Waals surface area contributed by atoms with E-state index in [2.05, 4.69) is 35.7 Å². The summed E-state index contributed by atoms with van der Waals surface area (Å²) in [4.78, 5) is 28.7. The van der Waals surface area contributed by atoms with Crippen LogP contribution in [0.3, 0.4) is 0 Å². The second kappa shape index (κ2) is 11.0. The van der Waals surface area contributed by atoms with Gasteiger partial charge in [0.05, 0.1) is 22.9 Å². The second-order valence-corrected chi connectivity index (χ2v) is 11.5. The van der Waals surface area contributed by atoms with Crippen LogP contribution in [0.4, 0.5) is 5.69 Å². The molecule has 1 aromatic heterocycles. The van der Waals surface area contributed by atoms with Crippen LogP contribution in [0.25, 0.3) is 20.8 Å². The number of ketones is 1. The van der Waals surface area contributed by atoms with E-state index in [0.717, 1.165) is 45.0 Å². The number of carbonyl (C=O) groups is 1. The third-order valence-electron chi connectivity index (χ3n) is 7.38. The van der Waals surface area contributed by atoms with Crippen LogP contribution in [0, 0.1) is 13.8 Å². The Bertz CT molecular complexity index is 1730. The van der Waals surface area contributed by atoms with E-state index in [1.807, 2.05) is 69.3 Å². The summed E-state index contributed by atoms with van der Waals surface area (Å²) >= 11 is 1.65. The van der Waals surface area contributed by atoms with Crippen LogP contribution in [0.5, 0.6) is 0 Å². The summed E-state index contributed by atoms with van der Waals surface area (Å²) < 4.78 is 11.9. The first-order valence-corrected chi connectivity index (χ1v) is 14.5. The molecule has 0 spiro atoms. The molecule has 0 radical (unpaired) electrons. The van der Waals surface area contributed by atoms with E-state index < -0.39 is 0 Å². The lowest BCUT2D eigenvalue weighted by atomic mass is 9.99. The van der Waals surface area contributed by atoms with Crippen molar-refractivity contribution in [1.82, 2.24) is 0 Å². The first-order chi connectivity index (χ1) is 19.4. The Kier molecular flexibility index (Phi) is 7.22. The molecular weight excluding hydrogens is 518 g/mol. The number of anilines is 1. The summed E-state index contributed by atoms with van der Waals surface area (Å²) in [5, 5.41) is 4.08. The number of benzene rings is 3. The number of epoxide rings is 1. The quantitative estimate of drug-likeness (QED) is 0.186. The molecule has 1 saturated heterocycles. The van der Waals surface area contributed by atoms with Crippen molar-refractivity contribution in [3.8, 4) is 0 Å². The maximum atomic E-state index is 13.7. The second-order valence-electron chi connectivity index (χ2n) is 10.4. The smallest absolute Gasteiger partial charge is 0.196 e. The number of hydrogen-bond acceptors (Lipinski definition) is 6. The van der Waals surface area contributed by atoms with Gasteiger partial charge < -0.3 is 14.5 Å². The predicted octanol–water partition coefficient (Wildman–Crippen LogP) is 8.07. The van der Waals surface area contributed by atoms with Crippen LogP contribution in [-0.4, -0.2) is 18.5 Å². The Labute approximate surface area is 237 Å². The van der Waals surface area contributed by atoms with Crippen LogP contribution in [0.1, 0.15) is 64.2 Å². The van der Waals surface area contributed by atoms with Crippen LogP contribution in [-0.2, 0) is 4.74 Å². The lowest BCUT2D eigenvalue weighted by Gasteiger charge is -2.20. The number of rotatable bonds is 7. The van der Waals surface area contributed by atoms with Crippen LogP contribution < -0.4 is 10.7 Å². The highest BCUT2D eigenvalue weighted by molar-refractivity contribution is 8.16. The SMILES string of the molecule is Cc1cc(C(C)Nc2ccccc2C(=O)C2CO2)c2oc(C3=CCCC=C(c4ccccc4)S3)c(C)c(=O)c2c1. The van der Waals surface area contributed by atoms with Crippen molar-refractivity contribution in [2.75, 3.05) is 11.9 Å². The Balaban J connectivity index is 1.41. The van der Waals surface area contributed by atoms with E-state index >= 15 is 0 Å². The standard InChI is InChI=1S/C34H31NO4S/c1-20-17-25(22(3)35-27-14-8-7-13-24(27)32(37)28-19-38-28)34-26(18-20)31(36)21(2)33(39-34)30-16-10-9-15-29(40-30)23-11-5-4-6-12-23/h4-8,11-18,22,28,35H,9-10,19H2,1-3H3. The number of carbonyl (C=O) groups excluding carboxylic acids is 1. The highest BCUT2D eigenvalue weighted by Gasteiger charge is 2.33. The zero-order valence-corrected chi connectivity index (χ0v) is 23.6. The molecule has 4 aromatic rings. The normalized spacial score (nSPS) is 17.5. The highest BCUT2D eigenvalue weighted by atomic mass is 32.2. The van der Waals surface area contributed by atoms with Crippen molar-refractivity contribution in [2.45, 2.75) is 45.8 Å². The molecule has 6 rings (SSSR count). The van der Waals surface area contributed by atoms with Crippen LogP contribution >= 0.6 is 11.8 Å². The summed E-state index contributed by atoms with van der Waals surface area (Å²) in [5.74, 6) is 0.596. The third kappa shape index (κ3) is 5.17. The van der Waals surface area contributed by atoms with E-state index in [9.17, 15) is 9.59 Å². The maximum absolute atomic E-state index is 13.7. The molecule has 3 aromatic carbocycles. The molecule has 2 atom stereocenters. The Morgan fingerprint density at radius 1 is 0.975 bits per heavy atom. The Hall–Kier alpha value is -3.87. The number of Topliss-reactive ketones (excluding diaryl/α,β-unsaturated/α-hetero) is 1. The van der Waals surface area contributed by atoms with Gasteiger partial charge in [-0.15, -0.1) is 0 Å². The molecule has 1 N–H and O–H groups in total. The van der Waals surface area contributed by atoms with E-state index in [1.54, 1.807) is 11.8 Å². The number of aryl methyl sites for hydroxylation is 1. The molecule has 0 amide bonds. The topological polar surface area (TPSA) is 71.8 Å². The summed E-state index contributed by atoms with van der Waals surface area (Å²) in [6.07, 6.45) is 5.86. The van der Waals surface area contributed by atoms with Crippen LogP contribution in [0.2, 0.25) is 0 Å². The summed E-state index contributed by atoms with van der Waals surface area (Å²) in [5.41, 5.74) is 5.50. The zero-order chi connectivity index (χ0) is 27.8. The molecule has 0 bridgehead atoms. The fraction of sp³-hybridized carbons (Fsp3) is 0.235. The summed E-state index contributed by atoms with van der Waals surface area (Å²) in [7, 11) is 0. The first-order valence-electron chi connectivity index (χ1n) is 13.6. The Morgan fingerprint density at radius 2 is 1.68 bits per heavy atom. The van der Waals surface area contributed by atoms with Crippen molar-refractivity contribution in [2.24, 2.45) is 0 Å². The van der Waals surface area contributed by atoms with E-state index in [0.29, 0.717) is 34.5 Å². The molecule has 0 aliphatic carbocycles. The fourth-order valence-electron chi connectivity index (χ4n) is 5.18. The number of fused-ring (bicyclic) bond motifs is 1. The molecule has 5 nitrogen and oxygen atoms in total. The maximum Gasteiger partial charge on any atom is 0.196 e. The minimum atomic E-state index is -0.359. The molecule has 0 saturated carbocycles. The lowest BCUT2D eigenvalue weighted by Crippen LogP contribution is -2.15. The number of allylic oxidation sites excluding steroid dienone is 2. The molecule has 6 heteroatoms. The number of thioether (sulfide) groups is 1. The monoisotopic (exact) mass is 549 g/mol. The van der Waals surface area contributed by atoms with Gasteiger partial charge in [0.25, 0.3) is 0 Å². The number of hydrogen-bond donors (Lipinski definition) is 1. The van der Waals surface area contributed by atoms with Gasteiger partial charge in [-0.2, -0.15) is 0 Å². The Morgan fingerprint density at radius 3 is 2.42 bits per heavy atom. The number of nitrogens with one attached hydrogen (secondary N) is 1. The van der Waals surface area contributed by atoms with Gasteiger partial charge in [-0.3, -0.25) is 9.59 Å². The molecule has 3 heterocycles. The van der Waals surface area contributed by atoms with Crippen molar-refractivity contribution >= 4 is 44.0 Å². The first kappa shape index (κ1) is 26.4. The van der Waals surface area contributed by atoms with Gasteiger partial charge in [-0.25, -0.2) is 0 Å². The van der Waals surface area contributed by atoms with E-state index in [-0.39, 0.29) is 23.4 Å². The summed E-state index contributed by atoms with van der Waals surface area (Å²) in [6, 6.07) is 21.5. The van der Waals surface area contributed by atoms with Gasteiger partial charge in [-0.1, -0.05) is 72.4 Å². The third-order valence-corrected chi connectivity index (χ3v) is 8.57. The summed E-state index contributed by atoms with van der Waals surface area (Å²) in [6.45, 7) is 6.33. The van der Waals surface area contributed by atoms with Gasteiger partial charge >= 0.3 is 0 Å². The number of ether oxygens (including phenoxy) is 1. The molecule has 2 aliphatic rings. The molecule has 1 fully saturated rings. The van der Waals surface area contributed by atoms with Crippen molar-refractivity contribution in [3.63, 3.8) is 0 Å². The molecule has 40 heavy (non-hydrogen) atoms. The minimum Gasteiger partial charge on any atom is -0.455 e.